The Morgan fingerprint density at radius 3 is 2.78 bits per heavy atom. The number of nitrogens with one attached hydrogen (secondary N) is 1. The first-order chi connectivity index (χ1) is 13.1. The predicted molar refractivity (Wildman–Crippen MR) is 92.1 cm³/mol. The van der Waals surface area contributed by atoms with Gasteiger partial charge in [-0.15, -0.1) is 15.3 Å². The van der Waals surface area contributed by atoms with Crippen molar-refractivity contribution in [3.63, 3.8) is 0 Å². The molecule has 11 heteroatoms. The van der Waals surface area contributed by atoms with Crippen LogP contribution in [0.5, 0.6) is 0 Å². The third-order valence-corrected chi connectivity index (χ3v) is 3.73. The molecule has 0 aliphatic rings. The summed E-state index contributed by atoms with van der Waals surface area (Å²) in [4.78, 5) is 16.5. The fourth-order valence-corrected chi connectivity index (χ4v) is 2.61. The summed E-state index contributed by atoms with van der Waals surface area (Å²) in [5.41, 5.74) is 2.27. The second-order valence-electron chi connectivity index (χ2n) is 5.57. The van der Waals surface area contributed by atoms with Crippen molar-refractivity contribution in [1.82, 2.24) is 30.0 Å². The Morgan fingerprint density at radius 2 is 2.04 bits per heavy atom. The molecule has 4 aromatic rings. The number of esters is 1. The average Bonchev–Trinajstić information content (AvgIpc) is 3.33. The van der Waals surface area contributed by atoms with E-state index in [1.165, 1.54) is 11.7 Å². The lowest BCUT2D eigenvalue weighted by atomic mass is 10.0. The fourth-order valence-electron chi connectivity index (χ4n) is 2.61. The Labute approximate surface area is 152 Å². The normalized spacial score (nSPS) is 11.5. The molecule has 1 aromatic carbocycles. The molecule has 0 saturated carbocycles. The van der Waals surface area contributed by atoms with Gasteiger partial charge in [0.1, 0.15) is 5.82 Å². The summed E-state index contributed by atoms with van der Waals surface area (Å²) in [5.74, 6) is 0.453. The third kappa shape index (κ3) is 2.94. The Bertz CT molecular complexity index is 1170. The molecule has 136 valence electrons. The molecule has 3 heterocycles. The van der Waals surface area contributed by atoms with Gasteiger partial charge in [-0.05, 0) is 13.0 Å². The van der Waals surface area contributed by atoms with Crippen molar-refractivity contribution in [3.05, 3.63) is 41.5 Å². The highest BCUT2D eigenvalue weighted by Crippen LogP contribution is 2.35. The van der Waals surface area contributed by atoms with Crippen molar-refractivity contribution in [2.75, 3.05) is 7.11 Å². The van der Waals surface area contributed by atoms with Crippen molar-refractivity contribution in [2.24, 2.45) is 10.2 Å². The zero-order valence-corrected chi connectivity index (χ0v) is 14.7. The number of hydrogen-bond donors (Lipinski definition) is 1. The van der Waals surface area contributed by atoms with Crippen molar-refractivity contribution >= 4 is 23.3 Å². The topological polar surface area (TPSA) is 136 Å². The molecule has 0 radical (unpaired) electrons. The largest absolute Gasteiger partial charge is 0.465 e. The number of carbonyl (C=O) groups is 1. The van der Waals surface area contributed by atoms with Crippen molar-refractivity contribution in [2.45, 2.75) is 13.8 Å². The van der Waals surface area contributed by atoms with E-state index in [9.17, 15) is 4.79 Å². The summed E-state index contributed by atoms with van der Waals surface area (Å²) in [6.07, 6.45) is 0. The van der Waals surface area contributed by atoms with E-state index < -0.39 is 5.97 Å². The number of fused-ring (bicyclic) bond motifs is 1. The highest BCUT2D eigenvalue weighted by molar-refractivity contribution is 5.99. The minimum atomic E-state index is -0.475. The summed E-state index contributed by atoms with van der Waals surface area (Å²) in [6, 6.07) is 6.97. The molecule has 0 unspecified atom stereocenters. The number of rotatable bonds is 4. The second-order valence-corrected chi connectivity index (χ2v) is 5.57. The minimum absolute atomic E-state index is 0.00953. The number of hydrogen-bond acceptors (Lipinski definition) is 9. The summed E-state index contributed by atoms with van der Waals surface area (Å²) in [6.45, 7) is 3.41. The van der Waals surface area contributed by atoms with Crippen LogP contribution >= 0.6 is 0 Å². The number of nitrogens with zero attached hydrogens (tertiary/aromatic N) is 7. The molecule has 4 rings (SSSR count). The molecular formula is C16H14N8O3. The van der Waals surface area contributed by atoms with Crippen LogP contribution in [0.4, 0.5) is 11.7 Å². The van der Waals surface area contributed by atoms with E-state index in [0.29, 0.717) is 39.9 Å². The van der Waals surface area contributed by atoms with Gasteiger partial charge < -0.3 is 9.15 Å². The monoisotopic (exact) mass is 366 g/mol. The minimum Gasteiger partial charge on any atom is -0.465 e. The van der Waals surface area contributed by atoms with Crippen LogP contribution in [0.2, 0.25) is 0 Å². The molecule has 27 heavy (non-hydrogen) atoms. The average molecular weight is 366 g/mol. The Kier molecular flexibility index (Phi) is 3.95. The second kappa shape index (κ2) is 6.44. The van der Waals surface area contributed by atoms with Crippen molar-refractivity contribution in [3.8, 4) is 11.3 Å². The van der Waals surface area contributed by atoms with Gasteiger partial charge in [-0.2, -0.15) is 4.63 Å². The highest BCUT2D eigenvalue weighted by Gasteiger charge is 2.21. The van der Waals surface area contributed by atoms with E-state index >= 15 is 0 Å². The lowest BCUT2D eigenvalue weighted by Crippen LogP contribution is -2.03. The summed E-state index contributed by atoms with van der Waals surface area (Å²) in [5, 5.41) is 23.0. The number of aromatic nitrogens is 6. The lowest BCUT2D eigenvalue weighted by molar-refractivity contribution is 0.0601. The fraction of sp³-hybridized carbons (Fsp3) is 0.188. The van der Waals surface area contributed by atoms with Gasteiger partial charge in [-0.3, -0.25) is 5.10 Å². The van der Waals surface area contributed by atoms with Gasteiger partial charge in [0, 0.05) is 12.5 Å². The van der Waals surface area contributed by atoms with E-state index in [1.807, 2.05) is 0 Å². The number of carbonyl (C=O) groups excluding carboxylic acids is 1. The van der Waals surface area contributed by atoms with Crippen LogP contribution in [0.1, 0.15) is 22.1 Å². The summed E-state index contributed by atoms with van der Waals surface area (Å²) < 4.78 is 11.5. The third-order valence-electron chi connectivity index (χ3n) is 3.73. The van der Waals surface area contributed by atoms with Crippen LogP contribution in [0, 0.1) is 13.8 Å². The van der Waals surface area contributed by atoms with Gasteiger partial charge in [0.05, 0.1) is 18.4 Å². The van der Waals surface area contributed by atoms with Crippen LogP contribution in [-0.4, -0.2) is 43.1 Å². The molecule has 0 bridgehead atoms. The Morgan fingerprint density at radius 1 is 1.22 bits per heavy atom. The van der Waals surface area contributed by atoms with Gasteiger partial charge in [0.15, 0.2) is 5.69 Å². The molecule has 0 spiro atoms. The van der Waals surface area contributed by atoms with Gasteiger partial charge in [-0.25, -0.2) is 9.78 Å². The number of benzene rings is 1. The van der Waals surface area contributed by atoms with Crippen LogP contribution in [0.15, 0.2) is 38.9 Å². The molecule has 0 saturated heterocycles. The lowest BCUT2D eigenvalue weighted by Gasteiger charge is -2.06. The SMILES string of the molecule is COC(=O)c1ccccc1-c1[nH]n2nc(C)nc2c1N=Nc1nnc(C)o1. The zero-order chi connectivity index (χ0) is 19.0. The number of methoxy groups -OCH3 is 1. The predicted octanol–water partition coefficient (Wildman–Crippen LogP) is 2.93. The first-order valence-electron chi connectivity index (χ1n) is 7.91. The van der Waals surface area contributed by atoms with Gasteiger partial charge in [-0.1, -0.05) is 28.4 Å². The number of ether oxygens (including phenoxy) is 1. The first kappa shape index (κ1) is 16.6. The van der Waals surface area contributed by atoms with E-state index in [2.05, 4.69) is 35.6 Å². The molecule has 0 aliphatic heterocycles. The van der Waals surface area contributed by atoms with Crippen molar-refractivity contribution in [1.29, 1.82) is 0 Å². The number of azo groups is 1. The molecule has 0 atom stereocenters. The van der Waals surface area contributed by atoms with Crippen LogP contribution in [0.25, 0.3) is 16.9 Å². The number of H-pyrrole nitrogens is 1. The van der Waals surface area contributed by atoms with E-state index in [-0.39, 0.29) is 6.01 Å². The van der Waals surface area contributed by atoms with Gasteiger partial charge in [0.2, 0.25) is 11.5 Å². The molecule has 3 aromatic heterocycles. The highest BCUT2D eigenvalue weighted by atomic mass is 16.5. The Hall–Kier alpha value is -3.89. The van der Waals surface area contributed by atoms with Crippen LogP contribution < -0.4 is 0 Å². The smallest absolute Gasteiger partial charge is 0.361 e. The molecule has 0 amide bonds. The maximum Gasteiger partial charge on any atom is 0.361 e. The molecule has 1 N–H and O–H groups in total. The number of aromatic amines is 1. The molecule has 0 fully saturated rings. The van der Waals surface area contributed by atoms with E-state index in [4.69, 9.17) is 9.15 Å². The van der Waals surface area contributed by atoms with Gasteiger partial charge in [0.25, 0.3) is 0 Å². The molecule has 0 aliphatic carbocycles. The van der Waals surface area contributed by atoms with Crippen LogP contribution in [-0.2, 0) is 4.74 Å². The van der Waals surface area contributed by atoms with Gasteiger partial charge >= 0.3 is 12.0 Å². The standard InChI is InChI=1S/C16H14N8O3/c1-8-17-14-13(19-21-16-20-18-9(2)27-16)12(23-24(14)22-8)10-6-4-5-7-11(10)15(25)26-3/h4-7,23H,1-3H3. The zero-order valence-electron chi connectivity index (χ0n) is 14.7. The molecular weight excluding hydrogens is 352 g/mol. The van der Waals surface area contributed by atoms with Crippen molar-refractivity contribution < 1.29 is 13.9 Å². The first-order valence-corrected chi connectivity index (χ1v) is 7.91. The maximum absolute atomic E-state index is 12.1. The maximum atomic E-state index is 12.1. The molecule has 11 nitrogen and oxygen atoms in total. The van der Waals surface area contributed by atoms with E-state index in [1.54, 1.807) is 38.1 Å². The summed E-state index contributed by atoms with van der Waals surface area (Å²) >= 11 is 0. The van der Waals surface area contributed by atoms with Crippen LogP contribution in [0.3, 0.4) is 0 Å². The number of aryl methyl sites for hydroxylation is 2. The van der Waals surface area contributed by atoms with E-state index in [0.717, 1.165) is 0 Å². The quantitative estimate of drug-likeness (QED) is 0.433. The summed E-state index contributed by atoms with van der Waals surface area (Å²) in [7, 11) is 1.32. The Balaban J connectivity index is 1.90.